The number of fused-ring (bicyclic) bond motifs is 1. The van der Waals surface area contributed by atoms with Crippen molar-refractivity contribution >= 4 is 17.4 Å². The van der Waals surface area contributed by atoms with E-state index in [1.807, 2.05) is 20.8 Å². The minimum Gasteiger partial charge on any atom is -0.444 e. The highest BCUT2D eigenvalue weighted by Crippen LogP contribution is 2.28. The molecule has 0 unspecified atom stereocenters. The Balaban J connectivity index is 1.61. The van der Waals surface area contributed by atoms with Crippen LogP contribution in [0.1, 0.15) is 43.3 Å². The van der Waals surface area contributed by atoms with Crippen LogP contribution in [-0.4, -0.2) is 46.1 Å². The molecule has 1 aromatic rings. The lowest BCUT2D eigenvalue weighted by atomic mass is 10.0. The number of likely N-dealkylation sites (tertiary alicyclic amines) is 1. The van der Waals surface area contributed by atoms with E-state index in [4.69, 9.17) is 9.72 Å². The number of hydrogen-bond acceptors (Lipinski definition) is 5. The maximum absolute atomic E-state index is 12.2. The molecule has 22 heavy (non-hydrogen) atoms. The summed E-state index contributed by atoms with van der Waals surface area (Å²) >= 11 is 1.75. The zero-order chi connectivity index (χ0) is 15.9. The molecular weight excluding hydrogens is 298 g/mol. The van der Waals surface area contributed by atoms with E-state index in [0.29, 0.717) is 13.1 Å². The molecule has 0 spiro atoms. The number of ether oxygens (including phenoxy) is 1. The molecule has 0 atom stereocenters. The summed E-state index contributed by atoms with van der Waals surface area (Å²) in [5, 5.41) is 1.18. The van der Waals surface area contributed by atoms with Gasteiger partial charge in [0.1, 0.15) is 10.6 Å². The Morgan fingerprint density at radius 3 is 2.77 bits per heavy atom. The summed E-state index contributed by atoms with van der Waals surface area (Å²) in [7, 11) is 0. The third kappa shape index (κ3) is 3.60. The van der Waals surface area contributed by atoms with Crippen LogP contribution in [0.5, 0.6) is 0 Å². The van der Waals surface area contributed by atoms with E-state index in [-0.39, 0.29) is 6.09 Å². The zero-order valence-electron chi connectivity index (χ0n) is 13.9. The van der Waals surface area contributed by atoms with Crippen molar-refractivity contribution < 1.29 is 9.53 Å². The maximum atomic E-state index is 12.2. The van der Waals surface area contributed by atoms with Gasteiger partial charge in [0.15, 0.2) is 0 Å². The van der Waals surface area contributed by atoms with Crippen molar-refractivity contribution in [2.24, 2.45) is 5.92 Å². The molecule has 0 saturated carbocycles. The van der Waals surface area contributed by atoms with Crippen LogP contribution in [0.15, 0.2) is 0 Å². The van der Waals surface area contributed by atoms with Crippen molar-refractivity contribution in [3.63, 3.8) is 0 Å². The van der Waals surface area contributed by atoms with Gasteiger partial charge in [0.2, 0.25) is 0 Å². The molecule has 0 aliphatic carbocycles. The molecular formula is C16H25N3O2S. The van der Waals surface area contributed by atoms with Crippen molar-refractivity contribution in [1.29, 1.82) is 0 Å². The van der Waals surface area contributed by atoms with Gasteiger partial charge in [-0.25, -0.2) is 9.78 Å². The first-order valence-corrected chi connectivity index (χ1v) is 8.79. The average molecular weight is 323 g/mol. The van der Waals surface area contributed by atoms with Crippen LogP contribution < -0.4 is 0 Å². The maximum Gasteiger partial charge on any atom is 0.410 e. The number of aromatic nitrogens is 1. The number of thiazole rings is 1. The van der Waals surface area contributed by atoms with Crippen molar-refractivity contribution in [2.45, 2.75) is 52.8 Å². The van der Waals surface area contributed by atoms with E-state index in [1.54, 1.807) is 16.2 Å². The first-order chi connectivity index (χ1) is 10.3. The van der Waals surface area contributed by atoms with Gasteiger partial charge >= 0.3 is 6.09 Å². The normalized spacial score (nSPS) is 19.7. The molecule has 1 amide bonds. The second kappa shape index (κ2) is 5.81. The number of carbonyl (C=O) groups excluding carboxylic acids is 1. The molecule has 1 fully saturated rings. The van der Waals surface area contributed by atoms with Gasteiger partial charge < -0.3 is 9.64 Å². The molecule has 6 heteroatoms. The fourth-order valence-corrected chi connectivity index (χ4v) is 4.12. The second-order valence-electron chi connectivity index (χ2n) is 7.43. The van der Waals surface area contributed by atoms with Crippen LogP contribution in [0, 0.1) is 5.92 Å². The summed E-state index contributed by atoms with van der Waals surface area (Å²) in [6, 6.07) is 0. The SMILES string of the molecule is CC1CN(Cc2nc3c(s2)CN(C(=O)OC(C)(C)C)CC3)C1. The number of nitrogens with zero attached hydrogens (tertiary/aromatic N) is 3. The monoisotopic (exact) mass is 323 g/mol. The predicted octanol–water partition coefficient (Wildman–Crippen LogP) is 2.89. The minimum absolute atomic E-state index is 0.218. The Morgan fingerprint density at radius 2 is 2.14 bits per heavy atom. The molecule has 0 N–H and O–H groups in total. The van der Waals surface area contributed by atoms with Gasteiger partial charge in [-0.3, -0.25) is 4.90 Å². The first kappa shape index (κ1) is 15.7. The number of rotatable bonds is 2. The molecule has 5 nitrogen and oxygen atoms in total. The summed E-state index contributed by atoms with van der Waals surface area (Å²) in [6.45, 7) is 12.6. The lowest BCUT2D eigenvalue weighted by Crippen LogP contribution is -2.44. The second-order valence-corrected chi connectivity index (χ2v) is 8.60. The number of carbonyl (C=O) groups is 1. The highest BCUT2D eigenvalue weighted by atomic mass is 32.1. The Kier molecular flexibility index (Phi) is 4.16. The molecule has 0 aromatic carbocycles. The van der Waals surface area contributed by atoms with Crippen molar-refractivity contribution in [2.75, 3.05) is 19.6 Å². The largest absolute Gasteiger partial charge is 0.444 e. The summed E-state index contributed by atoms with van der Waals surface area (Å²) in [5.74, 6) is 0.817. The van der Waals surface area contributed by atoms with Crippen LogP contribution in [0.4, 0.5) is 4.79 Å². The summed E-state index contributed by atoms with van der Waals surface area (Å²) in [6.07, 6.45) is 0.617. The van der Waals surface area contributed by atoms with Crippen molar-refractivity contribution in [3.05, 3.63) is 15.6 Å². The van der Waals surface area contributed by atoms with Gasteiger partial charge in [-0.1, -0.05) is 6.92 Å². The van der Waals surface area contributed by atoms with Gasteiger partial charge in [0.05, 0.1) is 18.8 Å². The van der Waals surface area contributed by atoms with Crippen LogP contribution >= 0.6 is 11.3 Å². The molecule has 2 aliphatic heterocycles. The molecule has 3 heterocycles. The average Bonchev–Trinajstić information content (AvgIpc) is 2.76. The van der Waals surface area contributed by atoms with Crippen LogP contribution in [-0.2, 0) is 24.2 Å². The van der Waals surface area contributed by atoms with E-state index in [0.717, 1.165) is 18.9 Å². The third-order valence-corrected chi connectivity index (χ3v) is 4.99. The quantitative estimate of drug-likeness (QED) is 0.839. The summed E-state index contributed by atoms with van der Waals surface area (Å²) in [5.41, 5.74) is 0.734. The lowest BCUT2D eigenvalue weighted by molar-refractivity contribution is 0.0225. The Bertz CT molecular complexity index is 558. The van der Waals surface area contributed by atoms with Gasteiger partial charge in [-0.15, -0.1) is 11.3 Å². The van der Waals surface area contributed by atoms with Gasteiger partial charge in [-0.2, -0.15) is 0 Å². The van der Waals surface area contributed by atoms with Crippen LogP contribution in [0.3, 0.4) is 0 Å². The molecule has 0 bridgehead atoms. The smallest absolute Gasteiger partial charge is 0.410 e. The first-order valence-electron chi connectivity index (χ1n) is 7.98. The van der Waals surface area contributed by atoms with Gasteiger partial charge in [0, 0.05) is 30.9 Å². The molecule has 1 aromatic heterocycles. The highest BCUT2D eigenvalue weighted by molar-refractivity contribution is 7.11. The van der Waals surface area contributed by atoms with E-state index in [2.05, 4.69) is 11.8 Å². The predicted molar refractivity (Wildman–Crippen MR) is 86.9 cm³/mol. The topological polar surface area (TPSA) is 45.7 Å². The van der Waals surface area contributed by atoms with E-state index < -0.39 is 5.60 Å². The molecule has 1 saturated heterocycles. The van der Waals surface area contributed by atoms with Gasteiger partial charge in [0.25, 0.3) is 0 Å². The fraction of sp³-hybridized carbons (Fsp3) is 0.750. The number of hydrogen-bond donors (Lipinski definition) is 0. The summed E-state index contributed by atoms with van der Waals surface area (Å²) < 4.78 is 5.46. The van der Waals surface area contributed by atoms with E-state index in [9.17, 15) is 4.79 Å². The molecule has 122 valence electrons. The van der Waals surface area contributed by atoms with E-state index >= 15 is 0 Å². The third-order valence-electron chi connectivity index (χ3n) is 3.93. The highest BCUT2D eigenvalue weighted by Gasteiger charge is 2.29. The van der Waals surface area contributed by atoms with Crippen LogP contribution in [0.25, 0.3) is 0 Å². The summed E-state index contributed by atoms with van der Waals surface area (Å²) in [4.78, 5) is 22.4. The molecule has 2 aliphatic rings. The minimum atomic E-state index is -0.440. The standard InChI is InChI=1S/C16H25N3O2S/c1-11-7-18(8-11)10-14-17-12-5-6-19(9-13(12)22-14)15(20)21-16(2,3)4/h11H,5-10H2,1-4H3. The Labute approximate surface area is 136 Å². The zero-order valence-corrected chi connectivity index (χ0v) is 14.7. The van der Waals surface area contributed by atoms with Gasteiger partial charge in [-0.05, 0) is 26.7 Å². The van der Waals surface area contributed by atoms with Crippen LogP contribution in [0.2, 0.25) is 0 Å². The van der Waals surface area contributed by atoms with E-state index in [1.165, 1.54) is 28.7 Å². The Morgan fingerprint density at radius 1 is 1.41 bits per heavy atom. The van der Waals surface area contributed by atoms with Crippen molar-refractivity contribution in [3.8, 4) is 0 Å². The molecule has 0 radical (unpaired) electrons. The lowest BCUT2D eigenvalue weighted by Gasteiger charge is -2.36. The number of amides is 1. The fourth-order valence-electron chi connectivity index (χ4n) is 2.95. The Hall–Kier alpha value is -1.14. The molecule has 3 rings (SSSR count). The van der Waals surface area contributed by atoms with Crippen molar-refractivity contribution in [1.82, 2.24) is 14.8 Å².